The number of aromatic nitrogens is 2. The van der Waals surface area contributed by atoms with Crippen molar-refractivity contribution < 1.29 is 14.3 Å². The number of carbonyl (C=O) groups is 2. The van der Waals surface area contributed by atoms with E-state index in [1.165, 1.54) is 11.3 Å². The van der Waals surface area contributed by atoms with Gasteiger partial charge in [-0.3, -0.25) is 9.59 Å². The number of benzene rings is 1. The van der Waals surface area contributed by atoms with Crippen LogP contribution in [-0.2, 0) is 16.0 Å². The average molecular weight is 423 g/mol. The van der Waals surface area contributed by atoms with E-state index in [1.54, 1.807) is 36.9 Å². The van der Waals surface area contributed by atoms with Crippen LogP contribution >= 0.6 is 22.9 Å². The summed E-state index contributed by atoms with van der Waals surface area (Å²) >= 11 is 7.45. The Hall–Kier alpha value is -2.19. The van der Waals surface area contributed by atoms with Gasteiger partial charge in [0.25, 0.3) is 5.91 Å². The van der Waals surface area contributed by atoms with Gasteiger partial charge in [0.1, 0.15) is 10.8 Å². The van der Waals surface area contributed by atoms with Crippen LogP contribution < -0.4 is 15.0 Å². The summed E-state index contributed by atoms with van der Waals surface area (Å²) in [5.41, 5.74) is -0.442. The summed E-state index contributed by atoms with van der Waals surface area (Å²) < 4.78 is 5.79. The first-order valence-electron chi connectivity index (χ1n) is 9.08. The molecule has 1 N–H and O–H groups in total. The molecular weight excluding hydrogens is 400 g/mol. The van der Waals surface area contributed by atoms with E-state index in [0.29, 0.717) is 27.5 Å². The van der Waals surface area contributed by atoms with Gasteiger partial charge in [-0.15, -0.1) is 10.2 Å². The molecule has 0 saturated carbocycles. The summed E-state index contributed by atoms with van der Waals surface area (Å²) in [6.07, 6.45) is 0.940. The molecule has 2 aromatic rings. The summed E-state index contributed by atoms with van der Waals surface area (Å²) in [5.74, 6) is 0.592. The van der Waals surface area contributed by atoms with Crippen molar-refractivity contribution in [1.82, 2.24) is 10.2 Å². The highest BCUT2D eigenvalue weighted by Crippen LogP contribution is 2.39. The van der Waals surface area contributed by atoms with Crippen molar-refractivity contribution in [3.63, 3.8) is 0 Å². The molecule has 0 aliphatic carbocycles. The largest absolute Gasteiger partial charge is 0.476 e. The van der Waals surface area contributed by atoms with E-state index in [0.717, 1.165) is 11.4 Å². The average Bonchev–Trinajstić information content (AvgIpc) is 3.02. The number of fused-ring (bicyclic) bond motifs is 1. The summed E-state index contributed by atoms with van der Waals surface area (Å²) in [6.45, 7) is 7.83. The van der Waals surface area contributed by atoms with Crippen LogP contribution in [0.4, 0.5) is 10.8 Å². The zero-order valence-corrected chi connectivity index (χ0v) is 17.9. The molecule has 0 bridgehead atoms. The molecule has 0 radical (unpaired) electrons. The second kappa shape index (κ2) is 8.05. The lowest BCUT2D eigenvalue weighted by atomic mass is 10.0. The minimum Gasteiger partial charge on any atom is -0.476 e. The first-order chi connectivity index (χ1) is 13.2. The Balaban J connectivity index is 1.67. The maximum atomic E-state index is 12.8. The number of anilines is 2. The molecule has 9 heteroatoms. The predicted octanol–water partition coefficient (Wildman–Crippen LogP) is 3.92. The second-order valence-corrected chi connectivity index (χ2v) is 9.08. The number of hydrogen-bond acceptors (Lipinski definition) is 6. The Morgan fingerprint density at radius 3 is 2.82 bits per heavy atom. The summed E-state index contributed by atoms with van der Waals surface area (Å²) in [4.78, 5) is 26.7. The quantitative estimate of drug-likeness (QED) is 0.762. The molecule has 3 rings (SSSR count). The number of ether oxygens (including phenoxy) is 1. The smallest absolute Gasteiger partial charge is 0.270 e. The molecule has 1 aromatic carbocycles. The van der Waals surface area contributed by atoms with Crippen LogP contribution in [-0.4, -0.2) is 34.2 Å². The number of carbonyl (C=O) groups excluding carboxylic acids is 2. The third-order valence-corrected chi connectivity index (χ3v) is 5.29. The summed E-state index contributed by atoms with van der Waals surface area (Å²) in [6, 6.07) is 5.11. The Labute approximate surface area is 173 Å². The third kappa shape index (κ3) is 4.62. The summed E-state index contributed by atoms with van der Waals surface area (Å²) in [5, 5.41) is 12.7. The first kappa shape index (κ1) is 20.5. The fraction of sp³-hybridized carbons (Fsp3) is 0.474. The minimum absolute atomic E-state index is 0.118. The first-order valence-corrected chi connectivity index (χ1v) is 10.3. The molecule has 1 aliphatic heterocycles. The van der Waals surface area contributed by atoms with Crippen LogP contribution in [0.15, 0.2) is 18.2 Å². The maximum absolute atomic E-state index is 12.8. The highest BCUT2D eigenvalue weighted by molar-refractivity contribution is 7.15. The molecule has 2 amide bonds. The van der Waals surface area contributed by atoms with Crippen LogP contribution in [0.5, 0.6) is 5.75 Å². The molecule has 7 nitrogen and oxygen atoms in total. The standard InChI is InChI=1S/C19H23ClN4O3S/c1-11(2)9-16-22-23-18(28-16)21-15(25)7-8-24-13-10-12(20)5-6-14(13)27-19(3,4)17(24)26/h5-6,10-11H,7-9H2,1-4H3,(H,21,23,25). The van der Waals surface area contributed by atoms with Crippen LogP contribution in [0.2, 0.25) is 5.02 Å². The van der Waals surface area contributed by atoms with E-state index in [9.17, 15) is 9.59 Å². The van der Waals surface area contributed by atoms with Gasteiger partial charge in [0.15, 0.2) is 5.60 Å². The van der Waals surface area contributed by atoms with Gasteiger partial charge in [-0.25, -0.2) is 0 Å². The van der Waals surface area contributed by atoms with E-state index in [1.807, 2.05) is 0 Å². The monoisotopic (exact) mass is 422 g/mol. The normalized spacial score (nSPS) is 15.4. The van der Waals surface area contributed by atoms with E-state index in [2.05, 4.69) is 29.4 Å². The van der Waals surface area contributed by atoms with Gasteiger partial charge in [-0.1, -0.05) is 36.8 Å². The van der Waals surface area contributed by atoms with Gasteiger partial charge in [-0.2, -0.15) is 0 Å². The van der Waals surface area contributed by atoms with Crippen LogP contribution in [0.25, 0.3) is 0 Å². The fourth-order valence-corrected chi connectivity index (χ4v) is 4.03. The SMILES string of the molecule is CC(C)Cc1nnc(NC(=O)CCN2C(=O)C(C)(C)Oc3ccc(Cl)cc32)s1. The van der Waals surface area contributed by atoms with Gasteiger partial charge in [-0.05, 0) is 38.0 Å². The number of nitrogens with one attached hydrogen (secondary N) is 1. The zero-order chi connectivity index (χ0) is 20.5. The lowest BCUT2D eigenvalue weighted by molar-refractivity contribution is -0.132. The molecular formula is C19H23ClN4O3S. The van der Waals surface area contributed by atoms with Gasteiger partial charge in [0, 0.05) is 24.4 Å². The molecule has 150 valence electrons. The van der Waals surface area contributed by atoms with Crippen molar-refractivity contribution in [3.05, 3.63) is 28.2 Å². The molecule has 0 unspecified atom stereocenters. The van der Waals surface area contributed by atoms with Crippen molar-refractivity contribution in [3.8, 4) is 5.75 Å². The van der Waals surface area contributed by atoms with E-state index < -0.39 is 5.60 Å². The maximum Gasteiger partial charge on any atom is 0.270 e. The van der Waals surface area contributed by atoms with Gasteiger partial charge in [0.2, 0.25) is 11.0 Å². The lowest BCUT2D eigenvalue weighted by Gasteiger charge is -2.38. The molecule has 0 spiro atoms. The summed E-state index contributed by atoms with van der Waals surface area (Å²) in [7, 11) is 0. The molecule has 1 aliphatic rings. The van der Waals surface area contributed by atoms with E-state index >= 15 is 0 Å². The van der Waals surface area contributed by atoms with Gasteiger partial charge < -0.3 is 15.0 Å². The lowest BCUT2D eigenvalue weighted by Crippen LogP contribution is -2.53. The number of hydrogen-bond donors (Lipinski definition) is 1. The van der Waals surface area contributed by atoms with Crippen molar-refractivity contribution in [2.45, 2.75) is 46.1 Å². The fourth-order valence-electron chi connectivity index (χ4n) is 2.89. The highest BCUT2D eigenvalue weighted by atomic mass is 35.5. The van der Waals surface area contributed by atoms with Crippen LogP contribution in [0, 0.1) is 5.92 Å². The Morgan fingerprint density at radius 2 is 2.11 bits per heavy atom. The molecule has 0 fully saturated rings. The number of amides is 2. The van der Waals surface area contributed by atoms with Crippen LogP contribution in [0.1, 0.15) is 39.1 Å². The zero-order valence-electron chi connectivity index (χ0n) is 16.3. The Bertz CT molecular complexity index is 897. The molecule has 2 heterocycles. The molecule has 0 atom stereocenters. The van der Waals surface area contributed by atoms with Gasteiger partial charge >= 0.3 is 0 Å². The number of halogens is 1. The highest BCUT2D eigenvalue weighted by Gasteiger charge is 2.40. The van der Waals surface area contributed by atoms with Crippen molar-refractivity contribution in [2.24, 2.45) is 5.92 Å². The van der Waals surface area contributed by atoms with Gasteiger partial charge in [0.05, 0.1) is 5.69 Å². The predicted molar refractivity (Wildman–Crippen MR) is 110 cm³/mol. The molecule has 1 aromatic heterocycles. The van der Waals surface area contributed by atoms with E-state index in [-0.39, 0.29) is 24.8 Å². The topological polar surface area (TPSA) is 84.4 Å². The molecule has 0 saturated heterocycles. The molecule has 28 heavy (non-hydrogen) atoms. The number of nitrogens with zero attached hydrogens (tertiary/aromatic N) is 3. The minimum atomic E-state index is -1.01. The Morgan fingerprint density at radius 1 is 1.36 bits per heavy atom. The number of rotatable bonds is 6. The van der Waals surface area contributed by atoms with Crippen molar-refractivity contribution >= 4 is 45.6 Å². The van der Waals surface area contributed by atoms with Crippen LogP contribution in [0.3, 0.4) is 0 Å². The third-order valence-electron chi connectivity index (χ3n) is 4.20. The van der Waals surface area contributed by atoms with E-state index in [4.69, 9.17) is 16.3 Å². The van der Waals surface area contributed by atoms with Crippen molar-refractivity contribution in [2.75, 3.05) is 16.8 Å². The Kier molecular flexibility index (Phi) is 5.90. The second-order valence-electron chi connectivity index (χ2n) is 7.58. The van der Waals surface area contributed by atoms with Crippen molar-refractivity contribution in [1.29, 1.82) is 0 Å².